The molecular formula is C20H22N4O3. The Balaban J connectivity index is 1.54. The lowest BCUT2D eigenvalue weighted by Gasteiger charge is -2.13. The van der Waals surface area contributed by atoms with Gasteiger partial charge in [0.25, 0.3) is 5.91 Å². The van der Waals surface area contributed by atoms with Gasteiger partial charge in [0.05, 0.1) is 12.2 Å². The van der Waals surface area contributed by atoms with E-state index in [1.807, 2.05) is 32.9 Å². The Morgan fingerprint density at radius 3 is 3.07 bits per heavy atom. The lowest BCUT2D eigenvalue weighted by Crippen LogP contribution is -2.23. The van der Waals surface area contributed by atoms with Crippen LogP contribution in [0.1, 0.15) is 41.0 Å². The number of ether oxygens (including phenoxy) is 2. The molecule has 0 fully saturated rings. The van der Waals surface area contributed by atoms with Crippen LogP contribution in [0.25, 0.3) is 11.0 Å². The molecule has 1 atom stereocenters. The van der Waals surface area contributed by atoms with Crippen molar-refractivity contribution in [2.75, 3.05) is 6.61 Å². The average Bonchev–Trinajstić information content (AvgIpc) is 3.21. The van der Waals surface area contributed by atoms with Crippen molar-refractivity contribution in [2.24, 2.45) is 0 Å². The average molecular weight is 366 g/mol. The van der Waals surface area contributed by atoms with E-state index in [0.717, 1.165) is 40.1 Å². The third-order valence-electron chi connectivity index (χ3n) is 4.68. The van der Waals surface area contributed by atoms with Gasteiger partial charge in [-0.3, -0.25) is 9.89 Å². The number of rotatable bonds is 5. The molecule has 1 aromatic carbocycles. The van der Waals surface area contributed by atoms with Gasteiger partial charge >= 0.3 is 0 Å². The van der Waals surface area contributed by atoms with Crippen LogP contribution < -0.4 is 14.8 Å². The highest BCUT2D eigenvalue weighted by Gasteiger charge is 2.22. The van der Waals surface area contributed by atoms with Gasteiger partial charge in [0.1, 0.15) is 17.6 Å². The first-order valence-electron chi connectivity index (χ1n) is 9.09. The maximum absolute atomic E-state index is 12.6. The van der Waals surface area contributed by atoms with Crippen molar-refractivity contribution in [3.63, 3.8) is 0 Å². The molecule has 1 aliphatic rings. The standard InChI is InChI=1S/C20H22N4O3/c1-4-26-17-7-13-5-11(2)27-18(13)8-14(17)9-22-20(25)15-6-16-12(3)23-24-19(16)21-10-15/h6-8,10-11H,4-5,9H2,1-3H3,(H,22,25)(H,21,23,24)/t11-/m1/s1. The second-order valence-electron chi connectivity index (χ2n) is 6.76. The highest BCUT2D eigenvalue weighted by atomic mass is 16.5. The van der Waals surface area contributed by atoms with E-state index in [4.69, 9.17) is 9.47 Å². The number of hydrogen-bond acceptors (Lipinski definition) is 5. The summed E-state index contributed by atoms with van der Waals surface area (Å²) in [6, 6.07) is 5.78. The summed E-state index contributed by atoms with van der Waals surface area (Å²) in [4.78, 5) is 16.8. The molecule has 3 heterocycles. The Kier molecular flexibility index (Phi) is 4.43. The van der Waals surface area contributed by atoms with Gasteiger partial charge in [-0.2, -0.15) is 5.10 Å². The number of aryl methyl sites for hydroxylation is 1. The quantitative estimate of drug-likeness (QED) is 0.725. The van der Waals surface area contributed by atoms with Crippen LogP contribution in [0.4, 0.5) is 0 Å². The molecule has 0 unspecified atom stereocenters. The number of carbonyl (C=O) groups excluding carboxylic acids is 1. The number of benzene rings is 1. The van der Waals surface area contributed by atoms with Crippen LogP contribution in [0.15, 0.2) is 24.4 Å². The number of H-pyrrole nitrogens is 1. The first-order valence-corrected chi connectivity index (χ1v) is 9.09. The number of carbonyl (C=O) groups is 1. The number of nitrogens with one attached hydrogen (secondary N) is 2. The zero-order valence-corrected chi connectivity index (χ0v) is 15.6. The normalized spacial score (nSPS) is 15.4. The van der Waals surface area contributed by atoms with Crippen LogP contribution >= 0.6 is 0 Å². The largest absolute Gasteiger partial charge is 0.494 e. The summed E-state index contributed by atoms with van der Waals surface area (Å²) in [5, 5.41) is 10.8. The van der Waals surface area contributed by atoms with Gasteiger partial charge < -0.3 is 14.8 Å². The van der Waals surface area contributed by atoms with Crippen molar-refractivity contribution in [3.8, 4) is 11.5 Å². The number of hydrogen-bond donors (Lipinski definition) is 2. The topological polar surface area (TPSA) is 89.1 Å². The zero-order chi connectivity index (χ0) is 19.0. The number of amides is 1. The molecule has 0 saturated carbocycles. The van der Waals surface area contributed by atoms with E-state index in [2.05, 4.69) is 20.5 Å². The van der Waals surface area contributed by atoms with Crippen molar-refractivity contribution in [1.82, 2.24) is 20.5 Å². The molecule has 1 amide bonds. The van der Waals surface area contributed by atoms with E-state index in [1.165, 1.54) is 6.20 Å². The second kappa shape index (κ2) is 6.90. The second-order valence-corrected chi connectivity index (χ2v) is 6.76. The molecule has 140 valence electrons. The number of fused-ring (bicyclic) bond motifs is 2. The van der Waals surface area contributed by atoms with Crippen LogP contribution in [-0.4, -0.2) is 33.8 Å². The summed E-state index contributed by atoms with van der Waals surface area (Å²) in [6.07, 6.45) is 2.57. The van der Waals surface area contributed by atoms with Gasteiger partial charge in [0.2, 0.25) is 0 Å². The SMILES string of the molecule is CCOc1cc2c(cc1CNC(=O)c1cnc3n[nH]c(C)c3c1)O[C@H](C)C2. The fourth-order valence-corrected chi connectivity index (χ4v) is 3.33. The number of pyridine rings is 1. The summed E-state index contributed by atoms with van der Waals surface area (Å²) in [5.41, 5.74) is 4.02. The van der Waals surface area contributed by atoms with Crippen LogP contribution in [0.2, 0.25) is 0 Å². The van der Waals surface area contributed by atoms with Gasteiger partial charge in [-0.1, -0.05) is 0 Å². The van der Waals surface area contributed by atoms with Crippen molar-refractivity contribution >= 4 is 16.9 Å². The molecule has 0 saturated heterocycles. The molecular weight excluding hydrogens is 344 g/mol. The molecule has 4 rings (SSSR count). The van der Waals surface area contributed by atoms with E-state index in [9.17, 15) is 4.79 Å². The third-order valence-corrected chi connectivity index (χ3v) is 4.68. The van der Waals surface area contributed by atoms with E-state index in [-0.39, 0.29) is 12.0 Å². The highest BCUT2D eigenvalue weighted by Crippen LogP contribution is 2.35. The monoisotopic (exact) mass is 366 g/mol. The predicted molar refractivity (Wildman–Crippen MR) is 101 cm³/mol. The summed E-state index contributed by atoms with van der Waals surface area (Å²) in [7, 11) is 0. The number of aromatic amines is 1. The van der Waals surface area contributed by atoms with Crippen molar-refractivity contribution in [3.05, 3.63) is 46.8 Å². The molecule has 2 aromatic heterocycles. The van der Waals surface area contributed by atoms with Crippen molar-refractivity contribution in [2.45, 2.75) is 39.8 Å². The Hall–Kier alpha value is -3.09. The molecule has 0 radical (unpaired) electrons. The number of aromatic nitrogens is 3. The van der Waals surface area contributed by atoms with Gasteiger partial charge in [0, 0.05) is 41.4 Å². The molecule has 2 N–H and O–H groups in total. The Morgan fingerprint density at radius 1 is 1.41 bits per heavy atom. The van der Waals surface area contributed by atoms with E-state index < -0.39 is 0 Å². The highest BCUT2D eigenvalue weighted by molar-refractivity contribution is 5.97. The minimum atomic E-state index is -0.192. The van der Waals surface area contributed by atoms with Gasteiger partial charge in [-0.05, 0) is 39.0 Å². The van der Waals surface area contributed by atoms with Gasteiger partial charge in [-0.15, -0.1) is 0 Å². The summed E-state index contributed by atoms with van der Waals surface area (Å²) < 4.78 is 11.6. The lowest BCUT2D eigenvalue weighted by atomic mass is 10.1. The Bertz CT molecular complexity index is 1010. The van der Waals surface area contributed by atoms with Gasteiger partial charge in [-0.25, -0.2) is 4.98 Å². The van der Waals surface area contributed by atoms with Crippen LogP contribution in [0.5, 0.6) is 11.5 Å². The van der Waals surface area contributed by atoms with Gasteiger partial charge in [0.15, 0.2) is 5.65 Å². The maximum Gasteiger partial charge on any atom is 0.253 e. The van der Waals surface area contributed by atoms with E-state index in [0.29, 0.717) is 24.4 Å². The molecule has 0 bridgehead atoms. The molecule has 7 nitrogen and oxygen atoms in total. The minimum Gasteiger partial charge on any atom is -0.494 e. The molecule has 27 heavy (non-hydrogen) atoms. The van der Waals surface area contributed by atoms with Crippen molar-refractivity contribution in [1.29, 1.82) is 0 Å². The lowest BCUT2D eigenvalue weighted by molar-refractivity contribution is 0.0950. The van der Waals surface area contributed by atoms with E-state index in [1.54, 1.807) is 6.07 Å². The molecule has 0 spiro atoms. The Morgan fingerprint density at radius 2 is 2.26 bits per heavy atom. The van der Waals surface area contributed by atoms with Crippen LogP contribution in [-0.2, 0) is 13.0 Å². The molecule has 0 aliphatic carbocycles. The third kappa shape index (κ3) is 3.32. The summed E-state index contributed by atoms with van der Waals surface area (Å²) in [5.74, 6) is 1.46. The predicted octanol–water partition coefficient (Wildman–Crippen LogP) is 2.92. The van der Waals surface area contributed by atoms with Crippen LogP contribution in [0, 0.1) is 6.92 Å². The fourth-order valence-electron chi connectivity index (χ4n) is 3.33. The number of nitrogens with zero attached hydrogens (tertiary/aromatic N) is 2. The van der Waals surface area contributed by atoms with E-state index >= 15 is 0 Å². The minimum absolute atomic E-state index is 0.162. The molecule has 3 aromatic rings. The van der Waals surface area contributed by atoms with Crippen molar-refractivity contribution < 1.29 is 14.3 Å². The van der Waals surface area contributed by atoms with Crippen LogP contribution in [0.3, 0.4) is 0 Å². The molecule has 1 aliphatic heterocycles. The molecule has 7 heteroatoms. The fraction of sp³-hybridized carbons (Fsp3) is 0.350. The smallest absolute Gasteiger partial charge is 0.253 e. The first kappa shape index (κ1) is 17.3. The maximum atomic E-state index is 12.6. The summed E-state index contributed by atoms with van der Waals surface area (Å²) in [6.45, 7) is 6.81. The summed E-state index contributed by atoms with van der Waals surface area (Å²) >= 11 is 0. The zero-order valence-electron chi connectivity index (χ0n) is 15.6. The Labute approximate surface area is 157 Å². The first-order chi connectivity index (χ1) is 13.0.